The Bertz CT molecular complexity index is 1510. The summed E-state index contributed by atoms with van der Waals surface area (Å²) in [5.74, 6) is -2.06. The predicted octanol–water partition coefficient (Wildman–Crippen LogP) is 5.19. The lowest BCUT2D eigenvalue weighted by Crippen LogP contribution is -2.54. The van der Waals surface area contributed by atoms with Crippen molar-refractivity contribution in [1.82, 2.24) is 5.32 Å². The van der Waals surface area contributed by atoms with Gasteiger partial charge in [0.25, 0.3) is 11.8 Å². The maximum atomic E-state index is 13.2. The number of carbonyl (C=O) groups excluding carboxylic acids is 3. The van der Waals surface area contributed by atoms with E-state index in [0.29, 0.717) is 9.50 Å². The van der Waals surface area contributed by atoms with Gasteiger partial charge in [0.05, 0.1) is 10.7 Å². The van der Waals surface area contributed by atoms with Gasteiger partial charge in [0.2, 0.25) is 0 Å². The van der Waals surface area contributed by atoms with E-state index in [0.717, 1.165) is 11.0 Å². The first-order valence-corrected chi connectivity index (χ1v) is 12.7. The number of nitrogens with zero attached hydrogens (tertiary/aromatic N) is 1. The highest BCUT2D eigenvalue weighted by atomic mass is 79.9. The van der Waals surface area contributed by atoms with Gasteiger partial charge in [-0.1, -0.05) is 51.3 Å². The molecule has 8 nitrogen and oxygen atoms in total. The zero-order valence-electron chi connectivity index (χ0n) is 17.4. The molecule has 1 fully saturated rings. The van der Waals surface area contributed by atoms with Crippen LogP contribution in [-0.2, 0) is 19.7 Å². The monoisotopic (exact) mass is 594 g/mol. The van der Waals surface area contributed by atoms with Crippen molar-refractivity contribution in [3.8, 4) is 5.75 Å². The Kier molecular flexibility index (Phi) is 7.00. The number of amides is 4. The molecular weight excluding hydrogens is 583 g/mol. The smallest absolute Gasteiger partial charge is 0.339 e. The molecule has 0 spiro atoms. The van der Waals surface area contributed by atoms with Crippen molar-refractivity contribution in [3.63, 3.8) is 0 Å². The molecule has 0 atom stereocenters. The number of hydrogen-bond acceptors (Lipinski definition) is 6. The molecule has 1 aliphatic heterocycles. The van der Waals surface area contributed by atoms with Crippen LogP contribution < -0.4 is 14.4 Å². The molecule has 1 N–H and O–H groups in total. The van der Waals surface area contributed by atoms with Gasteiger partial charge in [-0.05, 0) is 60.7 Å². The summed E-state index contributed by atoms with van der Waals surface area (Å²) in [6.45, 7) is 0. The molecule has 178 valence electrons. The quantitative estimate of drug-likeness (QED) is 0.247. The summed E-state index contributed by atoms with van der Waals surface area (Å²) in [5, 5.41) is 2.55. The minimum absolute atomic E-state index is 0.0751. The SMILES string of the molecule is O=C1NC(=O)N(c2ccccc2Cl)C(=O)/C1=C/c1cc(Br)ccc1OS(=O)(=O)c1ccc(Cl)cc1. The van der Waals surface area contributed by atoms with Crippen LogP contribution in [0.3, 0.4) is 0 Å². The first kappa shape index (κ1) is 24.9. The number of benzene rings is 3. The molecule has 12 heteroatoms. The molecule has 3 aromatic carbocycles. The molecule has 4 rings (SSSR count). The van der Waals surface area contributed by atoms with E-state index in [1.165, 1.54) is 54.6 Å². The number of carbonyl (C=O) groups is 3. The van der Waals surface area contributed by atoms with Gasteiger partial charge in [0.1, 0.15) is 16.2 Å². The van der Waals surface area contributed by atoms with Crippen molar-refractivity contribution in [1.29, 1.82) is 0 Å². The summed E-state index contributed by atoms with van der Waals surface area (Å²) in [7, 11) is -4.27. The van der Waals surface area contributed by atoms with E-state index in [1.54, 1.807) is 12.1 Å². The zero-order chi connectivity index (χ0) is 25.3. The van der Waals surface area contributed by atoms with Crippen LogP contribution in [0.25, 0.3) is 6.08 Å². The van der Waals surface area contributed by atoms with E-state index < -0.39 is 33.5 Å². The molecule has 0 aliphatic carbocycles. The third-order valence-corrected chi connectivity index (χ3v) is 7.08. The largest absolute Gasteiger partial charge is 0.378 e. The van der Waals surface area contributed by atoms with Crippen molar-refractivity contribution in [2.45, 2.75) is 4.90 Å². The van der Waals surface area contributed by atoms with Gasteiger partial charge in [0.15, 0.2) is 0 Å². The second-order valence-corrected chi connectivity index (χ2v) is 10.4. The highest BCUT2D eigenvalue weighted by molar-refractivity contribution is 9.10. The highest BCUT2D eigenvalue weighted by Gasteiger charge is 2.38. The van der Waals surface area contributed by atoms with Crippen LogP contribution in [0.2, 0.25) is 10.0 Å². The number of para-hydroxylation sites is 1. The van der Waals surface area contributed by atoms with Crippen LogP contribution >= 0.6 is 39.1 Å². The van der Waals surface area contributed by atoms with Crippen molar-refractivity contribution in [3.05, 3.63) is 92.4 Å². The predicted molar refractivity (Wildman–Crippen MR) is 134 cm³/mol. The van der Waals surface area contributed by atoms with Crippen LogP contribution in [0.15, 0.2) is 81.7 Å². The molecule has 1 heterocycles. The second kappa shape index (κ2) is 9.82. The summed E-state index contributed by atoms with van der Waals surface area (Å²) >= 11 is 15.2. The van der Waals surface area contributed by atoms with Gasteiger partial charge in [-0.3, -0.25) is 14.9 Å². The molecular formula is C23H13BrCl2N2O6S. The molecule has 3 aromatic rings. The molecule has 4 amide bonds. The number of barbiturate groups is 1. The van der Waals surface area contributed by atoms with E-state index in [2.05, 4.69) is 21.2 Å². The van der Waals surface area contributed by atoms with Gasteiger partial charge in [0, 0.05) is 15.1 Å². The number of nitrogens with one attached hydrogen (secondary N) is 1. The lowest BCUT2D eigenvalue weighted by atomic mass is 10.1. The van der Waals surface area contributed by atoms with Crippen LogP contribution in [-0.4, -0.2) is 26.3 Å². The number of urea groups is 1. The topological polar surface area (TPSA) is 110 Å². The summed E-state index contributed by atoms with van der Waals surface area (Å²) < 4.78 is 31.4. The summed E-state index contributed by atoms with van der Waals surface area (Å²) in [6.07, 6.45) is 1.13. The number of halogens is 3. The van der Waals surface area contributed by atoms with Gasteiger partial charge in [-0.15, -0.1) is 0 Å². The number of rotatable bonds is 5. The molecule has 0 aromatic heterocycles. The fourth-order valence-electron chi connectivity index (χ4n) is 3.14. The molecule has 0 saturated carbocycles. The average Bonchev–Trinajstić information content (AvgIpc) is 2.79. The van der Waals surface area contributed by atoms with E-state index in [4.69, 9.17) is 27.4 Å². The van der Waals surface area contributed by atoms with E-state index in [1.807, 2.05) is 0 Å². The highest BCUT2D eigenvalue weighted by Crippen LogP contribution is 2.32. The molecule has 1 saturated heterocycles. The standard InChI is InChI=1S/C23H13BrCl2N2O6S/c24-14-5-10-20(34-35(32,33)16-8-6-15(25)7-9-16)13(11-14)12-17-21(29)27-23(31)28(22(17)30)19-4-2-1-3-18(19)26/h1-12H,(H,27,29,31)/b17-12+. The number of imide groups is 2. The van der Waals surface area contributed by atoms with Crippen LogP contribution in [0, 0.1) is 0 Å². The normalized spacial score (nSPS) is 15.3. The maximum Gasteiger partial charge on any atom is 0.339 e. The first-order chi connectivity index (χ1) is 16.6. The Hall–Kier alpha value is -3.18. The molecule has 1 aliphatic rings. The summed E-state index contributed by atoms with van der Waals surface area (Å²) in [4.78, 5) is 38.7. The van der Waals surface area contributed by atoms with Crippen molar-refractivity contribution in [2.24, 2.45) is 0 Å². The molecule has 0 radical (unpaired) electrons. The van der Waals surface area contributed by atoms with E-state index in [-0.39, 0.29) is 26.9 Å². The van der Waals surface area contributed by atoms with Gasteiger partial charge in [-0.25, -0.2) is 9.69 Å². The minimum Gasteiger partial charge on any atom is -0.378 e. The van der Waals surface area contributed by atoms with Gasteiger partial charge >= 0.3 is 16.1 Å². The maximum absolute atomic E-state index is 13.2. The van der Waals surface area contributed by atoms with E-state index in [9.17, 15) is 22.8 Å². The lowest BCUT2D eigenvalue weighted by molar-refractivity contribution is -0.122. The van der Waals surface area contributed by atoms with Crippen molar-refractivity contribution >= 4 is 78.9 Å². The van der Waals surface area contributed by atoms with E-state index >= 15 is 0 Å². The van der Waals surface area contributed by atoms with Crippen LogP contribution in [0.1, 0.15) is 5.56 Å². The van der Waals surface area contributed by atoms with Crippen LogP contribution in [0.4, 0.5) is 10.5 Å². The zero-order valence-corrected chi connectivity index (χ0v) is 21.3. The van der Waals surface area contributed by atoms with Crippen LogP contribution in [0.5, 0.6) is 5.75 Å². The third kappa shape index (κ3) is 5.25. The molecule has 0 bridgehead atoms. The number of hydrogen-bond donors (Lipinski definition) is 1. The molecule has 35 heavy (non-hydrogen) atoms. The Balaban J connectivity index is 1.76. The summed E-state index contributed by atoms with van der Waals surface area (Å²) in [5.41, 5.74) is -0.272. The number of anilines is 1. The average molecular weight is 596 g/mol. The Labute approximate surface area is 218 Å². The van der Waals surface area contributed by atoms with Crippen molar-refractivity contribution < 1.29 is 27.0 Å². The lowest BCUT2D eigenvalue weighted by Gasteiger charge is -2.27. The second-order valence-electron chi connectivity index (χ2n) is 7.08. The fourth-order valence-corrected chi connectivity index (χ4v) is 4.82. The Morgan fingerprint density at radius 1 is 0.943 bits per heavy atom. The van der Waals surface area contributed by atoms with Gasteiger partial charge < -0.3 is 4.18 Å². The Morgan fingerprint density at radius 3 is 2.31 bits per heavy atom. The van der Waals surface area contributed by atoms with Gasteiger partial charge in [-0.2, -0.15) is 8.42 Å². The molecule has 0 unspecified atom stereocenters. The first-order valence-electron chi connectivity index (χ1n) is 9.72. The third-order valence-electron chi connectivity index (χ3n) is 4.77. The van der Waals surface area contributed by atoms with Crippen molar-refractivity contribution in [2.75, 3.05) is 4.90 Å². The fraction of sp³-hybridized carbons (Fsp3) is 0. The summed E-state index contributed by atoms with van der Waals surface area (Å²) in [6, 6.07) is 14.8. The Morgan fingerprint density at radius 2 is 1.63 bits per heavy atom. The minimum atomic E-state index is -4.27.